The van der Waals surface area contributed by atoms with Crippen LogP contribution in [0.3, 0.4) is 0 Å². The van der Waals surface area contributed by atoms with Crippen LogP contribution in [0.25, 0.3) is 0 Å². The second-order valence-corrected chi connectivity index (χ2v) is 5.38. The number of carboxylic acids is 1. The second kappa shape index (κ2) is 5.51. The van der Waals surface area contributed by atoms with E-state index in [-0.39, 0.29) is 0 Å². The summed E-state index contributed by atoms with van der Waals surface area (Å²) in [6, 6.07) is 0. The number of rotatable bonds is 2. The molecular formula is C14H22O2. The first-order chi connectivity index (χ1) is 7.75. The third-order valence-corrected chi connectivity index (χ3v) is 4.32. The Labute approximate surface area is 97.7 Å². The zero-order valence-electron chi connectivity index (χ0n) is 9.95. The third-order valence-electron chi connectivity index (χ3n) is 4.32. The normalized spacial score (nSPS) is 27.8. The van der Waals surface area contributed by atoms with E-state index >= 15 is 0 Å². The predicted octanol–water partition coefficient (Wildman–Crippen LogP) is 3.77. The maximum absolute atomic E-state index is 10.6. The Morgan fingerprint density at radius 2 is 1.56 bits per heavy atom. The lowest BCUT2D eigenvalue weighted by Crippen LogP contribution is -2.21. The fourth-order valence-electron chi connectivity index (χ4n) is 3.41. The van der Waals surface area contributed by atoms with Gasteiger partial charge in [-0.3, -0.25) is 0 Å². The van der Waals surface area contributed by atoms with Crippen molar-refractivity contribution in [3.8, 4) is 0 Å². The smallest absolute Gasteiger partial charge is 0.328 e. The maximum atomic E-state index is 10.6. The summed E-state index contributed by atoms with van der Waals surface area (Å²) in [5.74, 6) is 1.05. The maximum Gasteiger partial charge on any atom is 0.328 e. The molecule has 0 atom stereocenters. The molecule has 16 heavy (non-hydrogen) atoms. The number of hydrogen-bond donors (Lipinski definition) is 1. The number of aliphatic carboxylic acids is 1. The molecule has 2 rings (SSSR count). The van der Waals surface area contributed by atoms with Crippen LogP contribution in [0.2, 0.25) is 0 Å². The summed E-state index contributed by atoms with van der Waals surface area (Å²) in [4.78, 5) is 10.6. The Hall–Kier alpha value is -0.790. The summed E-state index contributed by atoms with van der Waals surface area (Å²) in [7, 11) is 0. The van der Waals surface area contributed by atoms with Crippen molar-refractivity contribution in [2.24, 2.45) is 11.8 Å². The Balaban J connectivity index is 1.82. The highest BCUT2D eigenvalue weighted by molar-refractivity contribution is 5.80. The first-order valence-corrected chi connectivity index (χ1v) is 6.68. The van der Waals surface area contributed by atoms with Crippen LogP contribution in [-0.2, 0) is 4.79 Å². The molecule has 0 aromatic carbocycles. The van der Waals surface area contributed by atoms with E-state index in [0.29, 0.717) is 0 Å². The van der Waals surface area contributed by atoms with Gasteiger partial charge in [-0.25, -0.2) is 4.79 Å². The Kier molecular flexibility index (Phi) is 4.03. The van der Waals surface area contributed by atoms with Gasteiger partial charge in [0.05, 0.1) is 0 Å². The summed E-state index contributed by atoms with van der Waals surface area (Å²) >= 11 is 0. The van der Waals surface area contributed by atoms with Crippen LogP contribution >= 0.6 is 0 Å². The van der Waals surface area contributed by atoms with E-state index in [4.69, 9.17) is 5.11 Å². The predicted molar refractivity (Wildman–Crippen MR) is 64.3 cm³/mol. The molecule has 0 bridgehead atoms. The summed E-state index contributed by atoms with van der Waals surface area (Å²) in [6.07, 6.45) is 13.0. The van der Waals surface area contributed by atoms with Gasteiger partial charge in [0, 0.05) is 6.08 Å². The molecule has 0 spiro atoms. The molecule has 2 heteroatoms. The van der Waals surface area contributed by atoms with Gasteiger partial charge in [0.25, 0.3) is 0 Å². The van der Waals surface area contributed by atoms with Crippen molar-refractivity contribution in [2.45, 2.75) is 57.8 Å². The molecule has 90 valence electrons. The molecule has 2 saturated carbocycles. The van der Waals surface area contributed by atoms with Crippen LogP contribution in [0, 0.1) is 11.8 Å². The molecule has 0 radical (unpaired) electrons. The zero-order chi connectivity index (χ0) is 11.4. The molecule has 2 fully saturated rings. The molecule has 0 unspecified atom stereocenters. The van der Waals surface area contributed by atoms with E-state index in [1.54, 1.807) is 0 Å². The second-order valence-electron chi connectivity index (χ2n) is 5.38. The molecule has 0 aromatic rings. The van der Waals surface area contributed by atoms with Gasteiger partial charge >= 0.3 is 5.97 Å². The fourth-order valence-corrected chi connectivity index (χ4v) is 3.41. The van der Waals surface area contributed by atoms with E-state index in [9.17, 15) is 4.79 Å². The summed E-state index contributed by atoms with van der Waals surface area (Å²) in [6.45, 7) is 0. The van der Waals surface area contributed by atoms with Crippen molar-refractivity contribution in [1.29, 1.82) is 0 Å². The van der Waals surface area contributed by atoms with Crippen molar-refractivity contribution in [1.82, 2.24) is 0 Å². The molecule has 0 aliphatic heterocycles. The van der Waals surface area contributed by atoms with Gasteiger partial charge in [-0.2, -0.15) is 0 Å². The lowest BCUT2D eigenvalue weighted by atomic mass is 9.72. The van der Waals surface area contributed by atoms with Crippen molar-refractivity contribution in [3.63, 3.8) is 0 Å². The van der Waals surface area contributed by atoms with Crippen LogP contribution in [0.1, 0.15) is 57.8 Å². The SMILES string of the molecule is O=C(O)C=C1CCC(C2CCCCC2)CC1. The van der Waals surface area contributed by atoms with E-state index < -0.39 is 5.97 Å². The number of carbonyl (C=O) groups is 1. The van der Waals surface area contributed by atoms with Crippen molar-refractivity contribution >= 4 is 5.97 Å². The molecule has 0 saturated heterocycles. The van der Waals surface area contributed by atoms with E-state index in [0.717, 1.165) is 30.3 Å². The number of allylic oxidation sites excluding steroid dienone is 1. The molecule has 2 nitrogen and oxygen atoms in total. The number of hydrogen-bond acceptors (Lipinski definition) is 1. The molecule has 2 aliphatic carbocycles. The average Bonchev–Trinajstić information content (AvgIpc) is 2.30. The molecule has 1 N–H and O–H groups in total. The third kappa shape index (κ3) is 3.10. The summed E-state index contributed by atoms with van der Waals surface area (Å²) in [5.41, 5.74) is 1.15. The van der Waals surface area contributed by atoms with Crippen LogP contribution < -0.4 is 0 Å². The van der Waals surface area contributed by atoms with E-state index in [1.165, 1.54) is 51.0 Å². The van der Waals surface area contributed by atoms with Crippen LogP contribution in [0.4, 0.5) is 0 Å². The van der Waals surface area contributed by atoms with Crippen molar-refractivity contribution in [3.05, 3.63) is 11.6 Å². The van der Waals surface area contributed by atoms with E-state index in [2.05, 4.69) is 0 Å². The molecule has 2 aliphatic rings. The first-order valence-electron chi connectivity index (χ1n) is 6.68. The quantitative estimate of drug-likeness (QED) is 0.722. The lowest BCUT2D eigenvalue weighted by molar-refractivity contribution is -0.131. The summed E-state index contributed by atoms with van der Waals surface area (Å²) < 4.78 is 0. The van der Waals surface area contributed by atoms with Gasteiger partial charge in [0.2, 0.25) is 0 Å². The van der Waals surface area contributed by atoms with Gasteiger partial charge in [-0.05, 0) is 37.5 Å². The first kappa shape index (κ1) is 11.7. The summed E-state index contributed by atoms with van der Waals surface area (Å²) in [5, 5.41) is 8.70. The molecular weight excluding hydrogens is 200 g/mol. The minimum absolute atomic E-state index is 0.772. The van der Waals surface area contributed by atoms with Gasteiger partial charge in [0.15, 0.2) is 0 Å². The van der Waals surface area contributed by atoms with Gasteiger partial charge in [-0.1, -0.05) is 37.7 Å². The number of carboxylic acid groups (broad SMARTS) is 1. The topological polar surface area (TPSA) is 37.3 Å². The van der Waals surface area contributed by atoms with Crippen LogP contribution in [0.15, 0.2) is 11.6 Å². The minimum atomic E-state index is -0.772. The highest BCUT2D eigenvalue weighted by Crippen LogP contribution is 2.39. The molecule has 0 amide bonds. The monoisotopic (exact) mass is 222 g/mol. The lowest BCUT2D eigenvalue weighted by Gasteiger charge is -2.33. The van der Waals surface area contributed by atoms with Crippen LogP contribution in [-0.4, -0.2) is 11.1 Å². The zero-order valence-corrected chi connectivity index (χ0v) is 9.95. The van der Waals surface area contributed by atoms with Crippen molar-refractivity contribution in [2.75, 3.05) is 0 Å². The standard InChI is InChI=1S/C14H22O2/c15-14(16)10-11-6-8-13(9-7-11)12-4-2-1-3-5-12/h10,12-13H,1-9H2,(H,15,16). The largest absolute Gasteiger partial charge is 0.478 e. The van der Waals surface area contributed by atoms with Crippen molar-refractivity contribution < 1.29 is 9.90 Å². The minimum Gasteiger partial charge on any atom is -0.478 e. The fraction of sp³-hybridized carbons (Fsp3) is 0.786. The van der Waals surface area contributed by atoms with E-state index in [1.807, 2.05) is 0 Å². The molecule has 0 aromatic heterocycles. The molecule has 0 heterocycles. The van der Waals surface area contributed by atoms with Gasteiger partial charge < -0.3 is 5.11 Å². The highest BCUT2D eigenvalue weighted by Gasteiger charge is 2.26. The average molecular weight is 222 g/mol. The van der Waals surface area contributed by atoms with Crippen LogP contribution in [0.5, 0.6) is 0 Å². The Morgan fingerprint density at radius 1 is 1.00 bits per heavy atom. The Morgan fingerprint density at radius 3 is 2.12 bits per heavy atom. The highest BCUT2D eigenvalue weighted by atomic mass is 16.4. The van der Waals surface area contributed by atoms with Gasteiger partial charge in [-0.15, -0.1) is 0 Å². The Bertz CT molecular complexity index is 264. The van der Waals surface area contributed by atoms with Gasteiger partial charge in [0.1, 0.15) is 0 Å².